The first-order valence-electron chi connectivity index (χ1n) is 2.20. The van der Waals surface area contributed by atoms with Crippen LogP contribution >= 0.6 is 11.6 Å². The van der Waals surface area contributed by atoms with Crippen molar-refractivity contribution in [3.05, 3.63) is 23.8 Å². The Kier molecular flexibility index (Phi) is 4.27. The molecule has 0 spiro atoms. The predicted octanol–water partition coefficient (Wildman–Crippen LogP) is 2.00. The Morgan fingerprint density at radius 3 is 2.75 bits per heavy atom. The molecule has 0 aromatic rings. The predicted molar refractivity (Wildman–Crippen MR) is 38.5 cm³/mol. The van der Waals surface area contributed by atoms with Crippen molar-refractivity contribution in [3.63, 3.8) is 0 Å². The molecule has 0 saturated heterocycles. The molecule has 0 fully saturated rings. The fourth-order valence-electron chi connectivity index (χ4n) is 0.234. The summed E-state index contributed by atoms with van der Waals surface area (Å²) >= 11 is 5.37. The molecule has 0 heterocycles. The molecule has 0 bridgehead atoms. The number of nitrogens with zero attached hydrogens (tertiary/aromatic N) is 1. The van der Waals surface area contributed by atoms with Crippen LogP contribution in [0.5, 0.6) is 0 Å². The zero-order valence-corrected chi connectivity index (χ0v) is 5.52. The first-order valence-corrected chi connectivity index (χ1v) is 2.58. The van der Waals surface area contributed by atoms with Crippen LogP contribution in [-0.4, -0.2) is 13.3 Å². The van der Waals surface area contributed by atoms with E-state index in [0.717, 1.165) is 0 Å². The molecular formula is C6H8ClN. The van der Waals surface area contributed by atoms with E-state index in [2.05, 4.69) is 11.6 Å². The number of halogens is 1. The molecule has 0 aliphatic heterocycles. The SMILES string of the molecule is C=C(Cl)/C=C\C=N/C. The summed E-state index contributed by atoms with van der Waals surface area (Å²) in [5, 5.41) is 0.518. The maximum absolute atomic E-state index is 5.37. The number of aliphatic imine (C=N–C) groups is 1. The van der Waals surface area contributed by atoms with Crippen LogP contribution in [-0.2, 0) is 0 Å². The molecule has 0 aliphatic carbocycles. The lowest BCUT2D eigenvalue weighted by atomic mass is 10.5. The van der Waals surface area contributed by atoms with Crippen molar-refractivity contribution in [1.29, 1.82) is 0 Å². The quantitative estimate of drug-likeness (QED) is 0.400. The monoisotopic (exact) mass is 129 g/mol. The largest absolute Gasteiger partial charge is 0.297 e. The summed E-state index contributed by atoms with van der Waals surface area (Å²) in [4.78, 5) is 3.70. The highest BCUT2D eigenvalue weighted by Crippen LogP contribution is 1.95. The van der Waals surface area contributed by atoms with Crippen LogP contribution in [0.3, 0.4) is 0 Å². The first kappa shape index (κ1) is 7.44. The van der Waals surface area contributed by atoms with E-state index in [1.807, 2.05) is 0 Å². The Morgan fingerprint density at radius 1 is 1.75 bits per heavy atom. The van der Waals surface area contributed by atoms with Gasteiger partial charge in [0.1, 0.15) is 0 Å². The Morgan fingerprint density at radius 2 is 2.38 bits per heavy atom. The van der Waals surface area contributed by atoms with Crippen LogP contribution in [0.4, 0.5) is 0 Å². The molecule has 0 aromatic carbocycles. The number of hydrogen-bond acceptors (Lipinski definition) is 1. The van der Waals surface area contributed by atoms with Crippen LogP contribution in [0, 0.1) is 0 Å². The third-order valence-corrected chi connectivity index (χ3v) is 0.638. The average Bonchev–Trinajstić information content (AvgIpc) is 1.66. The van der Waals surface area contributed by atoms with Crippen molar-refractivity contribution >= 4 is 17.8 Å². The molecule has 0 amide bonds. The van der Waals surface area contributed by atoms with Gasteiger partial charge >= 0.3 is 0 Å². The Labute approximate surface area is 54.4 Å². The summed E-state index contributed by atoms with van der Waals surface area (Å²) in [7, 11) is 1.70. The van der Waals surface area contributed by atoms with E-state index in [9.17, 15) is 0 Å². The van der Waals surface area contributed by atoms with E-state index >= 15 is 0 Å². The number of allylic oxidation sites excluding steroid dienone is 3. The summed E-state index contributed by atoms with van der Waals surface area (Å²) in [5.74, 6) is 0. The van der Waals surface area contributed by atoms with Gasteiger partial charge < -0.3 is 0 Å². The van der Waals surface area contributed by atoms with Crippen LogP contribution in [0.25, 0.3) is 0 Å². The minimum Gasteiger partial charge on any atom is -0.297 e. The normalized spacial score (nSPS) is 11.2. The van der Waals surface area contributed by atoms with Gasteiger partial charge in [-0.15, -0.1) is 0 Å². The van der Waals surface area contributed by atoms with Gasteiger partial charge in [0.2, 0.25) is 0 Å². The van der Waals surface area contributed by atoms with Crippen LogP contribution in [0.15, 0.2) is 28.8 Å². The third-order valence-electron chi connectivity index (χ3n) is 0.512. The molecule has 2 heteroatoms. The second kappa shape index (κ2) is 4.60. The average molecular weight is 130 g/mol. The third kappa shape index (κ3) is 5.44. The zero-order chi connectivity index (χ0) is 6.41. The Balaban J connectivity index is 3.50. The summed E-state index contributed by atoms with van der Waals surface area (Å²) in [6.45, 7) is 3.44. The minimum absolute atomic E-state index is 0.518. The van der Waals surface area contributed by atoms with Crippen molar-refractivity contribution in [1.82, 2.24) is 0 Å². The first-order chi connectivity index (χ1) is 3.77. The molecule has 0 N–H and O–H groups in total. The molecule has 0 saturated carbocycles. The van der Waals surface area contributed by atoms with E-state index in [-0.39, 0.29) is 0 Å². The van der Waals surface area contributed by atoms with E-state index in [0.29, 0.717) is 5.03 Å². The highest BCUT2D eigenvalue weighted by molar-refractivity contribution is 6.30. The van der Waals surface area contributed by atoms with Crippen molar-refractivity contribution in [3.8, 4) is 0 Å². The maximum atomic E-state index is 5.37. The van der Waals surface area contributed by atoms with Crippen molar-refractivity contribution in [2.24, 2.45) is 4.99 Å². The van der Waals surface area contributed by atoms with Gasteiger partial charge in [-0.3, -0.25) is 4.99 Å². The Hall–Kier alpha value is -0.560. The molecule has 0 unspecified atom stereocenters. The Bertz CT molecular complexity index is 124. The topological polar surface area (TPSA) is 12.4 Å². The maximum Gasteiger partial charge on any atom is 0.0334 e. The van der Waals surface area contributed by atoms with Gasteiger partial charge in [-0.1, -0.05) is 18.2 Å². The van der Waals surface area contributed by atoms with Crippen LogP contribution < -0.4 is 0 Å². The highest BCUT2D eigenvalue weighted by atomic mass is 35.5. The summed E-state index contributed by atoms with van der Waals surface area (Å²) in [6, 6.07) is 0. The van der Waals surface area contributed by atoms with Gasteiger partial charge in [0.15, 0.2) is 0 Å². The number of rotatable bonds is 2. The van der Waals surface area contributed by atoms with Gasteiger partial charge in [-0.05, 0) is 12.2 Å². The lowest BCUT2D eigenvalue weighted by Gasteiger charge is -1.75. The fourth-order valence-corrected chi connectivity index (χ4v) is 0.306. The van der Waals surface area contributed by atoms with Crippen molar-refractivity contribution in [2.45, 2.75) is 0 Å². The molecule has 0 radical (unpaired) electrons. The zero-order valence-electron chi connectivity index (χ0n) is 4.76. The fraction of sp³-hybridized carbons (Fsp3) is 0.167. The second-order valence-corrected chi connectivity index (χ2v) is 1.70. The molecular weight excluding hydrogens is 122 g/mol. The number of hydrogen-bond donors (Lipinski definition) is 0. The summed E-state index contributed by atoms with van der Waals surface area (Å²) in [6.07, 6.45) is 5.05. The van der Waals surface area contributed by atoms with Gasteiger partial charge in [0, 0.05) is 18.3 Å². The van der Waals surface area contributed by atoms with E-state index in [1.165, 1.54) is 0 Å². The van der Waals surface area contributed by atoms with Crippen molar-refractivity contribution in [2.75, 3.05) is 7.05 Å². The second-order valence-electron chi connectivity index (χ2n) is 1.21. The van der Waals surface area contributed by atoms with Gasteiger partial charge in [0.05, 0.1) is 0 Å². The molecule has 8 heavy (non-hydrogen) atoms. The molecule has 1 nitrogen and oxygen atoms in total. The molecule has 0 aromatic heterocycles. The smallest absolute Gasteiger partial charge is 0.0334 e. The van der Waals surface area contributed by atoms with E-state index in [4.69, 9.17) is 11.6 Å². The lowest BCUT2D eigenvalue weighted by molar-refractivity contribution is 1.48. The van der Waals surface area contributed by atoms with Gasteiger partial charge in [-0.25, -0.2) is 0 Å². The molecule has 0 aliphatic rings. The van der Waals surface area contributed by atoms with Crippen LogP contribution in [0.1, 0.15) is 0 Å². The summed E-state index contributed by atoms with van der Waals surface area (Å²) < 4.78 is 0. The summed E-state index contributed by atoms with van der Waals surface area (Å²) in [5.41, 5.74) is 0. The lowest BCUT2D eigenvalue weighted by Crippen LogP contribution is -1.61. The van der Waals surface area contributed by atoms with Crippen LogP contribution in [0.2, 0.25) is 0 Å². The standard InChI is InChI=1S/C6H8ClN/c1-6(7)4-3-5-8-2/h3-5H,1H2,2H3/b4-3-,8-5-. The minimum atomic E-state index is 0.518. The van der Waals surface area contributed by atoms with Crippen molar-refractivity contribution < 1.29 is 0 Å². The molecule has 0 rings (SSSR count). The molecule has 0 atom stereocenters. The van der Waals surface area contributed by atoms with Gasteiger partial charge in [-0.2, -0.15) is 0 Å². The molecule has 44 valence electrons. The van der Waals surface area contributed by atoms with E-state index in [1.54, 1.807) is 25.4 Å². The van der Waals surface area contributed by atoms with E-state index < -0.39 is 0 Å². The van der Waals surface area contributed by atoms with Gasteiger partial charge in [0.25, 0.3) is 0 Å². The highest BCUT2D eigenvalue weighted by Gasteiger charge is 1.70.